The highest BCUT2D eigenvalue weighted by Crippen LogP contribution is 2.41. The van der Waals surface area contributed by atoms with Crippen LogP contribution in [-0.4, -0.2) is 46.5 Å². The first-order valence-corrected chi connectivity index (χ1v) is 9.08. The fourth-order valence-electron chi connectivity index (χ4n) is 3.33. The van der Waals surface area contributed by atoms with Crippen LogP contribution >= 0.6 is 11.6 Å². The summed E-state index contributed by atoms with van der Waals surface area (Å²) in [6, 6.07) is 3.87. The van der Waals surface area contributed by atoms with Crippen LogP contribution in [0.4, 0.5) is 0 Å². The number of carbonyl (C=O) groups is 3. The van der Waals surface area contributed by atoms with E-state index in [1.807, 2.05) is 6.92 Å². The second-order valence-electron chi connectivity index (χ2n) is 6.54. The van der Waals surface area contributed by atoms with Crippen LogP contribution < -0.4 is 10.1 Å². The Morgan fingerprint density at radius 2 is 2.12 bits per heavy atom. The van der Waals surface area contributed by atoms with E-state index in [0.717, 1.165) is 19.3 Å². The zero-order valence-electron chi connectivity index (χ0n) is 14.4. The number of carboxylic acid groups (broad SMARTS) is 1. The number of benzene rings is 1. The van der Waals surface area contributed by atoms with Gasteiger partial charge in [0.25, 0.3) is 5.91 Å². The van der Waals surface area contributed by atoms with Crippen LogP contribution in [-0.2, 0) is 14.4 Å². The molecule has 1 saturated carbocycles. The molecule has 8 heteroatoms. The molecule has 1 aromatic rings. The van der Waals surface area contributed by atoms with Gasteiger partial charge in [0.15, 0.2) is 6.10 Å². The summed E-state index contributed by atoms with van der Waals surface area (Å²) in [7, 11) is 0. The molecule has 26 heavy (non-hydrogen) atoms. The molecule has 0 bridgehead atoms. The Morgan fingerprint density at radius 1 is 1.38 bits per heavy atom. The maximum atomic E-state index is 13.1. The first-order valence-electron chi connectivity index (χ1n) is 8.70. The lowest BCUT2D eigenvalue weighted by molar-refractivity contribution is -0.150. The van der Waals surface area contributed by atoms with Crippen LogP contribution in [0.3, 0.4) is 0 Å². The molecule has 1 fully saturated rings. The van der Waals surface area contributed by atoms with Crippen molar-refractivity contribution in [1.82, 2.24) is 10.2 Å². The average Bonchev–Trinajstić information content (AvgIpc) is 2.67. The molecule has 1 heterocycles. The van der Waals surface area contributed by atoms with Crippen LogP contribution in [0.5, 0.6) is 5.75 Å². The minimum Gasteiger partial charge on any atom is -0.480 e. The molecule has 140 valence electrons. The van der Waals surface area contributed by atoms with Gasteiger partial charge in [-0.1, -0.05) is 18.5 Å². The van der Waals surface area contributed by atoms with Gasteiger partial charge >= 0.3 is 5.97 Å². The summed E-state index contributed by atoms with van der Waals surface area (Å²) >= 11 is 6.12. The van der Waals surface area contributed by atoms with Crippen LogP contribution in [0.15, 0.2) is 18.2 Å². The number of fused-ring (bicyclic) bond motifs is 1. The number of aliphatic carboxylic acids is 1. The summed E-state index contributed by atoms with van der Waals surface area (Å²) in [5.74, 6) is -1.52. The number of hydrogen-bond donors (Lipinski definition) is 2. The van der Waals surface area contributed by atoms with Crippen molar-refractivity contribution in [3.05, 3.63) is 28.8 Å². The monoisotopic (exact) mass is 380 g/mol. The molecule has 0 saturated heterocycles. The molecule has 0 spiro atoms. The van der Waals surface area contributed by atoms with Gasteiger partial charge in [-0.25, -0.2) is 0 Å². The number of nitrogens with one attached hydrogen (secondary N) is 1. The topological polar surface area (TPSA) is 95.9 Å². The van der Waals surface area contributed by atoms with E-state index in [-0.39, 0.29) is 11.9 Å². The Morgan fingerprint density at radius 3 is 2.69 bits per heavy atom. The van der Waals surface area contributed by atoms with Crippen LogP contribution in [0, 0.1) is 0 Å². The molecular formula is C18H21ClN2O5. The quantitative estimate of drug-likeness (QED) is 0.815. The third-order valence-corrected chi connectivity index (χ3v) is 5.08. The predicted molar refractivity (Wildman–Crippen MR) is 94.0 cm³/mol. The van der Waals surface area contributed by atoms with Gasteiger partial charge in [0.2, 0.25) is 5.91 Å². The number of nitrogens with zero attached hydrogens (tertiary/aromatic N) is 1. The molecule has 0 aromatic heterocycles. The van der Waals surface area contributed by atoms with E-state index < -0.39 is 30.6 Å². The zero-order valence-corrected chi connectivity index (χ0v) is 15.2. The van der Waals surface area contributed by atoms with E-state index in [0.29, 0.717) is 22.8 Å². The Bertz CT molecular complexity index is 734. The Labute approximate surface area is 156 Å². The van der Waals surface area contributed by atoms with E-state index in [2.05, 4.69) is 5.32 Å². The Hall–Kier alpha value is -2.28. The van der Waals surface area contributed by atoms with Crippen molar-refractivity contribution < 1.29 is 24.2 Å². The first-order chi connectivity index (χ1) is 12.4. The molecule has 1 aliphatic heterocycles. The second-order valence-corrected chi connectivity index (χ2v) is 6.98. The third-order valence-electron chi connectivity index (χ3n) is 4.84. The van der Waals surface area contributed by atoms with Gasteiger partial charge in [-0.05, 0) is 43.9 Å². The smallest absolute Gasteiger partial charge is 0.322 e. The first kappa shape index (κ1) is 18.5. The van der Waals surface area contributed by atoms with Gasteiger partial charge in [-0.3, -0.25) is 14.4 Å². The summed E-state index contributed by atoms with van der Waals surface area (Å²) < 4.78 is 5.88. The van der Waals surface area contributed by atoms with Crippen molar-refractivity contribution >= 4 is 29.4 Å². The normalized spacial score (nSPS) is 22.7. The predicted octanol–water partition coefficient (Wildman–Crippen LogP) is 2.13. The molecule has 1 aromatic carbocycles. The number of rotatable bonds is 5. The van der Waals surface area contributed by atoms with Crippen molar-refractivity contribution in [2.45, 2.75) is 50.8 Å². The summed E-state index contributed by atoms with van der Waals surface area (Å²) in [5.41, 5.74) is 0.483. The summed E-state index contributed by atoms with van der Waals surface area (Å²) in [5, 5.41) is 11.7. The second kappa shape index (κ2) is 7.53. The fraction of sp³-hybridized carbons (Fsp3) is 0.500. The number of ether oxygens (including phenoxy) is 1. The van der Waals surface area contributed by atoms with Crippen molar-refractivity contribution in [2.24, 2.45) is 0 Å². The highest BCUT2D eigenvalue weighted by Gasteiger charge is 2.45. The van der Waals surface area contributed by atoms with Crippen molar-refractivity contribution in [3.63, 3.8) is 0 Å². The van der Waals surface area contributed by atoms with Crippen molar-refractivity contribution in [2.75, 3.05) is 6.54 Å². The van der Waals surface area contributed by atoms with E-state index in [4.69, 9.17) is 21.4 Å². The highest BCUT2D eigenvalue weighted by molar-refractivity contribution is 6.30. The Kier molecular flexibility index (Phi) is 5.36. The molecule has 2 N–H and O–H groups in total. The van der Waals surface area contributed by atoms with Gasteiger partial charge < -0.3 is 20.1 Å². The van der Waals surface area contributed by atoms with Gasteiger partial charge in [-0.2, -0.15) is 0 Å². The van der Waals surface area contributed by atoms with Crippen LogP contribution in [0.2, 0.25) is 5.02 Å². The average molecular weight is 381 g/mol. The number of carbonyl (C=O) groups excluding carboxylic acids is 2. The Balaban J connectivity index is 2.07. The zero-order chi connectivity index (χ0) is 18.8. The molecule has 1 aliphatic carbocycles. The number of hydrogen-bond acceptors (Lipinski definition) is 4. The van der Waals surface area contributed by atoms with Crippen LogP contribution in [0.1, 0.15) is 44.2 Å². The number of amides is 2. The van der Waals surface area contributed by atoms with Gasteiger partial charge in [0.1, 0.15) is 18.3 Å². The molecule has 2 atom stereocenters. The van der Waals surface area contributed by atoms with Crippen molar-refractivity contribution in [1.29, 1.82) is 0 Å². The molecule has 2 unspecified atom stereocenters. The van der Waals surface area contributed by atoms with E-state index in [1.165, 1.54) is 0 Å². The molecule has 2 amide bonds. The summed E-state index contributed by atoms with van der Waals surface area (Å²) in [4.78, 5) is 38.4. The molecule has 7 nitrogen and oxygen atoms in total. The molecule has 3 rings (SSSR count). The maximum absolute atomic E-state index is 13.1. The lowest BCUT2D eigenvalue weighted by atomic mass is 9.88. The lowest BCUT2D eigenvalue weighted by Crippen LogP contribution is -2.53. The number of halogens is 1. The lowest BCUT2D eigenvalue weighted by Gasteiger charge is -2.41. The van der Waals surface area contributed by atoms with E-state index in [9.17, 15) is 14.4 Å². The standard InChI is InChI=1S/C18H21ClN2O5/c1-2-13-18(25)21(11-4-3-5-11)16(17(24)20-9-15(22)23)12-8-10(19)6-7-14(12)26-13/h6-8,11,13,16H,2-5,9H2,1H3,(H,20,24)(H,22,23). The molecule has 2 aliphatic rings. The highest BCUT2D eigenvalue weighted by atomic mass is 35.5. The van der Waals surface area contributed by atoms with Crippen molar-refractivity contribution in [3.8, 4) is 5.75 Å². The fourth-order valence-corrected chi connectivity index (χ4v) is 3.51. The molecule has 0 radical (unpaired) electrons. The van der Waals surface area contributed by atoms with Gasteiger partial charge in [0, 0.05) is 16.6 Å². The number of carboxylic acids is 1. The van der Waals surface area contributed by atoms with E-state index >= 15 is 0 Å². The van der Waals surface area contributed by atoms with Gasteiger partial charge in [0.05, 0.1) is 0 Å². The maximum Gasteiger partial charge on any atom is 0.322 e. The summed E-state index contributed by atoms with van der Waals surface area (Å²) in [6.07, 6.45) is 2.38. The van der Waals surface area contributed by atoms with E-state index in [1.54, 1.807) is 23.1 Å². The minimum atomic E-state index is -1.15. The molecular weight excluding hydrogens is 360 g/mol. The minimum absolute atomic E-state index is 0.0642. The third kappa shape index (κ3) is 3.49. The SMILES string of the molecule is CCC1Oc2ccc(Cl)cc2C(C(=O)NCC(=O)O)N(C2CCC2)C1=O. The summed E-state index contributed by atoms with van der Waals surface area (Å²) in [6.45, 7) is 1.33. The van der Waals surface area contributed by atoms with Crippen LogP contribution in [0.25, 0.3) is 0 Å². The largest absolute Gasteiger partial charge is 0.480 e. The van der Waals surface area contributed by atoms with Gasteiger partial charge in [-0.15, -0.1) is 0 Å².